The van der Waals surface area contributed by atoms with E-state index in [-0.39, 0.29) is 17.3 Å². The third kappa shape index (κ3) is 3.72. The third-order valence-corrected chi connectivity index (χ3v) is 1.89. The summed E-state index contributed by atoms with van der Waals surface area (Å²) in [6.07, 6.45) is -1.13. The van der Waals surface area contributed by atoms with Crippen LogP contribution in [0, 0.1) is 5.82 Å². The fourth-order valence-electron chi connectivity index (χ4n) is 1.20. The Bertz CT molecular complexity index is 411. The Morgan fingerprint density at radius 2 is 2.12 bits per heavy atom. The van der Waals surface area contributed by atoms with Gasteiger partial charge in [0.2, 0.25) is 0 Å². The zero-order valence-corrected chi connectivity index (χ0v) is 9.48. The summed E-state index contributed by atoms with van der Waals surface area (Å²) in [6, 6.07) is 3.89. The van der Waals surface area contributed by atoms with Crippen molar-refractivity contribution in [3.8, 4) is 0 Å². The van der Waals surface area contributed by atoms with E-state index < -0.39 is 19.0 Å². The first-order valence-electron chi connectivity index (χ1n) is 5.04. The van der Waals surface area contributed by atoms with Gasteiger partial charge in [0.25, 0.3) is 0 Å². The quantitative estimate of drug-likeness (QED) is 0.672. The number of nitrogens with one attached hydrogen (secondary N) is 1. The molecule has 0 spiro atoms. The molecule has 0 heterocycles. The number of anilines is 1. The number of benzene rings is 1. The van der Waals surface area contributed by atoms with Crippen LogP contribution in [-0.4, -0.2) is 29.4 Å². The molecule has 0 radical (unpaired) electrons. The predicted molar refractivity (Wildman–Crippen MR) is 61.5 cm³/mol. The summed E-state index contributed by atoms with van der Waals surface area (Å²) in [6.45, 7) is 3.31. The topological polar surface area (TPSA) is 78.8 Å². The van der Waals surface area contributed by atoms with Crippen LogP contribution in [0.15, 0.2) is 18.2 Å². The van der Waals surface area contributed by atoms with E-state index in [9.17, 15) is 9.18 Å². The molecule has 92 valence electrons. The Kier molecular flexibility index (Phi) is 4.48. The van der Waals surface area contributed by atoms with Crippen LogP contribution >= 0.6 is 0 Å². The number of carbonyl (C=O) groups is 1. The smallest absolute Gasteiger partial charge is 0.447 e. The van der Waals surface area contributed by atoms with Crippen LogP contribution in [-0.2, 0) is 4.74 Å². The molecule has 0 aliphatic rings. The van der Waals surface area contributed by atoms with Crippen molar-refractivity contribution in [2.45, 2.75) is 20.0 Å². The molecule has 0 aliphatic heterocycles. The number of rotatable bonds is 3. The van der Waals surface area contributed by atoms with Crippen LogP contribution in [0.25, 0.3) is 0 Å². The molecule has 0 fully saturated rings. The zero-order valence-electron chi connectivity index (χ0n) is 9.48. The van der Waals surface area contributed by atoms with E-state index in [1.807, 2.05) is 0 Å². The highest BCUT2D eigenvalue weighted by Crippen LogP contribution is 2.12. The van der Waals surface area contributed by atoms with Gasteiger partial charge in [-0.1, -0.05) is 12.1 Å². The fraction of sp³-hybridized carbons (Fsp3) is 0.300. The van der Waals surface area contributed by atoms with E-state index in [4.69, 9.17) is 14.8 Å². The summed E-state index contributed by atoms with van der Waals surface area (Å²) in [4.78, 5) is 11.2. The number of carbonyl (C=O) groups excluding carboxylic acids is 1. The second-order valence-corrected chi connectivity index (χ2v) is 3.66. The lowest BCUT2D eigenvalue weighted by Gasteiger charge is -2.11. The van der Waals surface area contributed by atoms with E-state index in [1.54, 1.807) is 13.8 Å². The second kappa shape index (κ2) is 5.65. The SMILES string of the molecule is CC(C)OC(=O)Nc1cccc(B(O)O)c1F. The molecule has 0 aliphatic carbocycles. The van der Waals surface area contributed by atoms with Crippen molar-refractivity contribution in [3.63, 3.8) is 0 Å². The molecule has 3 N–H and O–H groups in total. The van der Waals surface area contributed by atoms with Crippen LogP contribution in [0.3, 0.4) is 0 Å². The molecule has 0 saturated carbocycles. The monoisotopic (exact) mass is 241 g/mol. The van der Waals surface area contributed by atoms with E-state index >= 15 is 0 Å². The van der Waals surface area contributed by atoms with Crippen molar-refractivity contribution in [1.82, 2.24) is 0 Å². The van der Waals surface area contributed by atoms with E-state index in [1.165, 1.54) is 18.2 Å². The van der Waals surface area contributed by atoms with Crippen LogP contribution in [0.5, 0.6) is 0 Å². The summed E-state index contributed by atoms with van der Waals surface area (Å²) in [5.41, 5.74) is -0.478. The highest BCUT2D eigenvalue weighted by molar-refractivity contribution is 6.58. The van der Waals surface area contributed by atoms with Gasteiger partial charge in [0.05, 0.1) is 11.8 Å². The molecule has 5 nitrogen and oxygen atoms in total. The highest BCUT2D eigenvalue weighted by atomic mass is 19.1. The maximum absolute atomic E-state index is 13.6. The Hall–Kier alpha value is -1.60. The lowest BCUT2D eigenvalue weighted by molar-refractivity contribution is 0.130. The molecular formula is C10H13BFNO4. The van der Waals surface area contributed by atoms with Crippen LogP contribution in [0.2, 0.25) is 0 Å². The molecule has 1 rings (SSSR count). The summed E-state index contributed by atoms with van der Waals surface area (Å²) in [5.74, 6) is -0.900. The van der Waals surface area contributed by atoms with E-state index in [2.05, 4.69) is 5.32 Å². The Morgan fingerprint density at radius 1 is 1.47 bits per heavy atom. The van der Waals surface area contributed by atoms with Crippen molar-refractivity contribution in [2.75, 3.05) is 5.32 Å². The molecule has 0 atom stereocenters. The first kappa shape index (κ1) is 13.5. The van der Waals surface area contributed by atoms with Crippen molar-refractivity contribution in [3.05, 3.63) is 24.0 Å². The van der Waals surface area contributed by atoms with Gasteiger partial charge in [0.15, 0.2) is 0 Å². The van der Waals surface area contributed by atoms with Gasteiger partial charge in [-0.2, -0.15) is 0 Å². The summed E-state index contributed by atoms with van der Waals surface area (Å²) in [7, 11) is -1.93. The lowest BCUT2D eigenvalue weighted by atomic mass is 9.79. The molecule has 17 heavy (non-hydrogen) atoms. The van der Waals surface area contributed by atoms with Crippen LogP contribution in [0.4, 0.5) is 14.9 Å². The molecule has 1 aromatic rings. The van der Waals surface area contributed by atoms with Crippen LogP contribution in [0.1, 0.15) is 13.8 Å². The van der Waals surface area contributed by atoms with E-state index in [0.717, 1.165) is 0 Å². The Morgan fingerprint density at radius 3 is 2.65 bits per heavy atom. The van der Waals surface area contributed by atoms with Crippen molar-refractivity contribution < 1.29 is 24.0 Å². The minimum absolute atomic E-state index is 0.166. The Balaban J connectivity index is 2.85. The van der Waals surface area contributed by atoms with Gasteiger partial charge in [0, 0.05) is 5.46 Å². The van der Waals surface area contributed by atoms with Gasteiger partial charge in [0.1, 0.15) is 5.82 Å². The largest absolute Gasteiger partial charge is 0.491 e. The van der Waals surface area contributed by atoms with Gasteiger partial charge in [-0.25, -0.2) is 9.18 Å². The van der Waals surface area contributed by atoms with Crippen LogP contribution < -0.4 is 10.8 Å². The number of halogens is 1. The lowest BCUT2D eigenvalue weighted by Crippen LogP contribution is -2.33. The summed E-state index contributed by atoms with van der Waals surface area (Å²) < 4.78 is 18.4. The average molecular weight is 241 g/mol. The van der Waals surface area contributed by atoms with E-state index in [0.29, 0.717) is 0 Å². The molecule has 0 aromatic heterocycles. The normalized spacial score (nSPS) is 10.2. The maximum atomic E-state index is 13.6. The maximum Gasteiger partial charge on any atom is 0.491 e. The fourth-order valence-corrected chi connectivity index (χ4v) is 1.20. The first-order chi connectivity index (χ1) is 7.91. The number of amides is 1. The minimum atomic E-state index is -1.93. The molecule has 0 unspecified atom stereocenters. The summed E-state index contributed by atoms with van der Waals surface area (Å²) >= 11 is 0. The first-order valence-corrected chi connectivity index (χ1v) is 5.04. The van der Waals surface area contributed by atoms with Gasteiger partial charge in [-0.05, 0) is 19.9 Å². The van der Waals surface area contributed by atoms with Crippen molar-refractivity contribution in [2.24, 2.45) is 0 Å². The number of hydrogen-bond donors (Lipinski definition) is 3. The predicted octanol–water partition coefficient (Wildman–Crippen LogP) is 0.462. The molecule has 0 saturated heterocycles. The van der Waals surface area contributed by atoms with Crippen molar-refractivity contribution >= 4 is 24.4 Å². The highest BCUT2D eigenvalue weighted by Gasteiger charge is 2.19. The molecule has 1 amide bonds. The third-order valence-electron chi connectivity index (χ3n) is 1.89. The second-order valence-electron chi connectivity index (χ2n) is 3.66. The molecule has 0 bridgehead atoms. The van der Waals surface area contributed by atoms with Gasteiger partial charge < -0.3 is 14.8 Å². The van der Waals surface area contributed by atoms with Crippen molar-refractivity contribution in [1.29, 1.82) is 0 Å². The van der Waals surface area contributed by atoms with Gasteiger partial charge in [-0.15, -0.1) is 0 Å². The standard InChI is InChI=1S/C10H13BFNO4/c1-6(2)17-10(14)13-8-5-3-4-7(9(8)12)11(15)16/h3-6,15-16H,1-2H3,(H,13,14). The van der Waals surface area contributed by atoms with Gasteiger partial charge in [-0.3, -0.25) is 5.32 Å². The molecular weight excluding hydrogens is 228 g/mol. The molecule has 1 aromatic carbocycles. The minimum Gasteiger partial charge on any atom is -0.447 e. The molecule has 7 heteroatoms. The summed E-state index contributed by atoms with van der Waals surface area (Å²) in [5, 5.41) is 19.9. The number of ether oxygens (including phenoxy) is 1. The average Bonchev–Trinajstić information content (AvgIpc) is 2.19. The van der Waals surface area contributed by atoms with Gasteiger partial charge >= 0.3 is 13.2 Å². The zero-order chi connectivity index (χ0) is 13.0. The Labute approximate surface area is 98.4 Å². The number of hydrogen-bond acceptors (Lipinski definition) is 4.